The number of benzene rings is 1. The van der Waals surface area contributed by atoms with Crippen LogP contribution in [-0.2, 0) is 9.59 Å². The van der Waals surface area contributed by atoms with E-state index in [4.69, 9.17) is 5.73 Å². The molecule has 3 N–H and O–H groups in total. The van der Waals surface area contributed by atoms with Gasteiger partial charge in [-0.25, -0.2) is 0 Å². The molecule has 2 saturated carbocycles. The topological polar surface area (TPSA) is 95.7 Å². The molecule has 7 nitrogen and oxygen atoms in total. The fourth-order valence-corrected chi connectivity index (χ4v) is 6.69. The quantitative estimate of drug-likeness (QED) is 0.457. The van der Waals surface area contributed by atoms with Crippen LogP contribution in [0.3, 0.4) is 0 Å². The Kier molecular flexibility index (Phi) is 10.3. The molecular weight excluding hydrogens is 452 g/mol. The molecule has 7 heteroatoms. The number of carbonyl (C=O) groups is 3. The molecule has 0 spiro atoms. The van der Waals surface area contributed by atoms with E-state index in [1.54, 1.807) is 24.3 Å². The minimum Gasteiger partial charge on any atom is -0.368 e. The lowest BCUT2D eigenvalue weighted by atomic mass is 9.62. The van der Waals surface area contributed by atoms with E-state index < -0.39 is 5.54 Å². The van der Waals surface area contributed by atoms with Gasteiger partial charge in [-0.3, -0.25) is 14.4 Å². The van der Waals surface area contributed by atoms with Crippen LogP contribution < -0.4 is 11.1 Å². The Labute approximate surface area is 217 Å². The van der Waals surface area contributed by atoms with Crippen LogP contribution in [0.1, 0.15) is 95.3 Å². The third kappa shape index (κ3) is 6.28. The van der Waals surface area contributed by atoms with E-state index >= 15 is 0 Å². The highest BCUT2D eigenvalue weighted by atomic mass is 16.2. The van der Waals surface area contributed by atoms with Crippen molar-refractivity contribution in [3.05, 3.63) is 29.8 Å². The second-order valence-electron chi connectivity index (χ2n) is 10.6. The second-order valence-corrected chi connectivity index (χ2v) is 10.6. The number of nitrogens with zero attached hydrogens (tertiary/aromatic N) is 2. The zero-order chi connectivity index (χ0) is 26.1. The number of carbonyl (C=O) groups excluding carboxylic acids is 3. The van der Waals surface area contributed by atoms with Gasteiger partial charge in [0.25, 0.3) is 5.91 Å². The molecule has 0 atom stereocenters. The van der Waals surface area contributed by atoms with Crippen molar-refractivity contribution in [1.82, 2.24) is 9.80 Å². The van der Waals surface area contributed by atoms with Gasteiger partial charge in [0, 0.05) is 31.3 Å². The van der Waals surface area contributed by atoms with Gasteiger partial charge in [0.15, 0.2) is 0 Å². The molecule has 2 aliphatic carbocycles. The summed E-state index contributed by atoms with van der Waals surface area (Å²) in [6.07, 6.45) is 10.4. The van der Waals surface area contributed by atoms with Gasteiger partial charge in [-0.2, -0.15) is 0 Å². The highest BCUT2D eigenvalue weighted by molar-refractivity contribution is 6.00. The Morgan fingerprint density at radius 1 is 0.861 bits per heavy atom. The van der Waals surface area contributed by atoms with E-state index in [1.165, 1.54) is 19.8 Å². The van der Waals surface area contributed by atoms with Crippen molar-refractivity contribution in [2.24, 2.45) is 17.6 Å². The highest BCUT2D eigenvalue weighted by Crippen LogP contribution is 2.47. The number of rotatable bonds is 11. The Morgan fingerprint density at radius 2 is 1.36 bits per heavy atom. The Morgan fingerprint density at radius 3 is 1.78 bits per heavy atom. The minimum atomic E-state index is -0.971. The minimum absolute atomic E-state index is 0.0890. The molecule has 0 aliphatic heterocycles. The summed E-state index contributed by atoms with van der Waals surface area (Å²) >= 11 is 0. The number of amides is 3. The predicted octanol–water partition coefficient (Wildman–Crippen LogP) is 4.81. The zero-order valence-corrected chi connectivity index (χ0v) is 22.6. The van der Waals surface area contributed by atoms with Crippen LogP contribution in [0.5, 0.6) is 0 Å². The summed E-state index contributed by atoms with van der Waals surface area (Å²) in [4.78, 5) is 43.7. The van der Waals surface area contributed by atoms with Crippen molar-refractivity contribution in [2.45, 2.75) is 90.5 Å². The van der Waals surface area contributed by atoms with Gasteiger partial charge < -0.3 is 20.9 Å². The van der Waals surface area contributed by atoms with E-state index in [9.17, 15) is 14.4 Å². The van der Waals surface area contributed by atoms with Crippen molar-refractivity contribution in [3.8, 4) is 0 Å². The molecule has 0 saturated heterocycles. The van der Waals surface area contributed by atoms with Gasteiger partial charge in [0.2, 0.25) is 11.8 Å². The van der Waals surface area contributed by atoms with E-state index in [1.807, 2.05) is 4.90 Å². The Hall–Kier alpha value is -2.41. The fourth-order valence-electron chi connectivity index (χ4n) is 6.69. The van der Waals surface area contributed by atoms with Crippen LogP contribution in [0.15, 0.2) is 24.3 Å². The average molecular weight is 499 g/mol. The van der Waals surface area contributed by atoms with Crippen molar-refractivity contribution in [1.29, 1.82) is 0 Å². The molecule has 0 bridgehead atoms. The monoisotopic (exact) mass is 498 g/mol. The van der Waals surface area contributed by atoms with Crippen LogP contribution in [0, 0.1) is 11.8 Å². The van der Waals surface area contributed by atoms with Gasteiger partial charge in [-0.05, 0) is 74.9 Å². The second kappa shape index (κ2) is 13.2. The molecule has 2 fully saturated rings. The number of anilines is 1. The Bertz CT molecular complexity index is 851. The smallest absolute Gasteiger partial charge is 0.254 e. The number of hydrogen-bond donors (Lipinski definition) is 2. The lowest BCUT2D eigenvalue weighted by molar-refractivity contribution is -0.140. The number of likely N-dealkylation sites (N-methyl/N-ethyl adjacent to an activating group) is 1. The van der Waals surface area contributed by atoms with Gasteiger partial charge in [-0.1, -0.05) is 52.4 Å². The van der Waals surface area contributed by atoms with Crippen LogP contribution >= 0.6 is 0 Å². The van der Waals surface area contributed by atoms with Crippen molar-refractivity contribution in [2.75, 3.05) is 31.5 Å². The molecule has 0 radical (unpaired) electrons. The average Bonchev–Trinajstić information content (AvgIpc) is 2.89. The van der Waals surface area contributed by atoms with E-state index in [0.717, 1.165) is 64.5 Å². The molecule has 200 valence electrons. The normalized spacial score (nSPS) is 17.7. The third-order valence-electron chi connectivity index (χ3n) is 8.53. The molecule has 0 heterocycles. The van der Waals surface area contributed by atoms with Crippen LogP contribution in [-0.4, -0.2) is 59.2 Å². The summed E-state index contributed by atoms with van der Waals surface area (Å²) in [6.45, 7) is 8.67. The molecule has 0 unspecified atom stereocenters. The van der Waals surface area contributed by atoms with Gasteiger partial charge in [-0.15, -0.1) is 0 Å². The number of nitrogens with two attached hydrogens (primary N) is 1. The molecule has 36 heavy (non-hydrogen) atoms. The highest BCUT2D eigenvalue weighted by Gasteiger charge is 2.55. The maximum absolute atomic E-state index is 14.3. The SMILES string of the molecule is CCN(CC)CCN(C(=O)c1ccc(NC(C)=O)cc1)C(C(N)=O)(C1CCCCC1)C1CCCCC1. The first-order chi connectivity index (χ1) is 17.3. The summed E-state index contributed by atoms with van der Waals surface area (Å²) in [7, 11) is 0. The van der Waals surface area contributed by atoms with Crippen molar-refractivity contribution in [3.63, 3.8) is 0 Å². The standard InChI is InChI=1S/C29H46N4O3/c1-4-32(5-2)20-21-33(27(35)23-16-18-26(19-17-23)31-22(3)34)29(28(30)36,24-12-8-6-9-13-24)25-14-10-7-11-15-25/h16-19,24-25H,4-15,20-21H2,1-3H3,(H2,30,36)(H,31,34). The maximum Gasteiger partial charge on any atom is 0.254 e. The summed E-state index contributed by atoms with van der Waals surface area (Å²) in [6, 6.07) is 7.02. The number of nitrogens with one attached hydrogen (secondary N) is 1. The first-order valence-electron chi connectivity index (χ1n) is 14.1. The molecular formula is C29H46N4O3. The van der Waals surface area contributed by atoms with Gasteiger partial charge >= 0.3 is 0 Å². The maximum atomic E-state index is 14.3. The Balaban J connectivity index is 2.08. The summed E-state index contributed by atoms with van der Waals surface area (Å²) < 4.78 is 0. The van der Waals surface area contributed by atoms with Crippen LogP contribution in [0.2, 0.25) is 0 Å². The molecule has 1 aromatic carbocycles. The molecule has 3 rings (SSSR count). The van der Waals surface area contributed by atoms with E-state index in [2.05, 4.69) is 24.1 Å². The summed E-state index contributed by atoms with van der Waals surface area (Å²) in [5.74, 6) is -0.440. The fraction of sp³-hybridized carbons (Fsp3) is 0.690. The zero-order valence-electron chi connectivity index (χ0n) is 22.6. The number of hydrogen-bond acceptors (Lipinski definition) is 4. The largest absolute Gasteiger partial charge is 0.368 e. The van der Waals surface area contributed by atoms with Crippen molar-refractivity contribution < 1.29 is 14.4 Å². The lowest BCUT2D eigenvalue weighted by Crippen LogP contribution is -2.69. The summed E-state index contributed by atoms with van der Waals surface area (Å²) in [5, 5.41) is 2.76. The van der Waals surface area contributed by atoms with E-state index in [-0.39, 0.29) is 29.6 Å². The molecule has 2 aliphatic rings. The van der Waals surface area contributed by atoms with Crippen LogP contribution in [0.4, 0.5) is 5.69 Å². The lowest BCUT2D eigenvalue weighted by Gasteiger charge is -2.53. The first kappa shape index (κ1) is 28.2. The van der Waals surface area contributed by atoms with E-state index in [0.29, 0.717) is 24.3 Å². The van der Waals surface area contributed by atoms with Gasteiger partial charge in [0.1, 0.15) is 5.54 Å². The summed E-state index contributed by atoms with van der Waals surface area (Å²) in [5.41, 5.74) is 6.61. The predicted molar refractivity (Wildman–Crippen MR) is 145 cm³/mol. The molecule has 1 aromatic rings. The molecule has 3 amide bonds. The van der Waals surface area contributed by atoms with Crippen molar-refractivity contribution >= 4 is 23.4 Å². The third-order valence-corrected chi connectivity index (χ3v) is 8.53. The van der Waals surface area contributed by atoms with Gasteiger partial charge in [0.05, 0.1) is 0 Å². The molecule has 0 aromatic heterocycles. The number of primary amides is 1. The first-order valence-corrected chi connectivity index (χ1v) is 14.1. The van der Waals surface area contributed by atoms with Crippen LogP contribution in [0.25, 0.3) is 0 Å².